The fourth-order valence-electron chi connectivity index (χ4n) is 3.85. The monoisotopic (exact) mass is 323 g/mol. The van der Waals surface area contributed by atoms with E-state index in [1.54, 1.807) is 4.90 Å². The second kappa shape index (κ2) is 7.63. The van der Waals surface area contributed by atoms with Gasteiger partial charge in [-0.3, -0.25) is 4.79 Å². The quantitative estimate of drug-likeness (QED) is 0.891. The fraction of sp³-hybridized carbons (Fsp3) is 0.381. The molecule has 24 heavy (non-hydrogen) atoms. The number of carbonyl (C=O) groups is 1. The number of benzene rings is 2. The summed E-state index contributed by atoms with van der Waals surface area (Å²) in [4.78, 5) is 13.9. The average molecular weight is 323 g/mol. The largest absolute Gasteiger partial charge is 0.331 e. The molecule has 2 aromatic carbocycles. The Kier molecular flexibility index (Phi) is 5.31. The predicted octanol–water partition coefficient (Wildman–Crippen LogP) is 3.00. The smallest absolute Gasteiger partial charge is 0.255 e. The second-order valence-corrected chi connectivity index (χ2v) is 7.30. The number of rotatable bonds is 4. The number of anilines is 1. The minimum Gasteiger partial charge on any atom is -0.331 e. The van der Waals surface area contributed by atoms with Crippen molar-refractivity contribution in [2.75, 3.05) is 18.4 Å². The summed E-state index contributed by atoms with van der Waals surface area (Å²) >= 11 is 0. The molecule has 0 radical (unpaired) electrons. The van der Waals surface area contributed by atoms with Crippen LogP contribution in [0.25, 0.3) is 0 Å². The third-order valence-electron chi connectivity index (χ3n) is 4.78. The van der Waals surface area contributed by atoms with Crippen LogP contribution in [0.5, 0.6) is 0 Å². The van der Waals surface area contributed by atoms with E-state index in [1.165, 1.54) is 25.1 Å². The van der Waals surface area contributed by atoms with Gasteiger partial charge in [-0.15, -0.1) is 0 Å². The minimum atomic E-state index is -0.0553. The van der Waals surface area contributed by atoms with Crippen LogP contribution in [0.3, 0.4) is 0 Å². The molecule has 3 atom stereocenters. The number of nitrogens with one attached hydrogen (secondary N) is 2. The Morgan fingerprint density at radius 3 is 2.25 bits per heavy atom. The molecular formula is C21H27N2O+. The first kappa shape index (κ1) is 16.7. The normalized spacial score (nSPS) is 23.7. The fourth-order valence-corrected chi connectivity index (χ4v) is 3.85. The Labute approximate surface area is 144 Å². The minimum absolute atomic E-state index is 0.0553. The second-order valence-electron chi connectivity index (χ2n) is 7.30. The summed E-state index contributed by atoms with van der Waals surface area (Å²) in [5.41, 5.74) is 2.84. The number of para-hydroxylation sites is 1. The maximum Gasteiger partial charge on any atom is 0.255 e. The number of likely N-dealkylation sites (tertiary alicyclic amines) is 1. The molecule has 3 nitrogen and oxygen atoms in total. The molecule has 1 fully saturated rings. The number of hydrogen-bond acceptors (Lipinski definition) is 1. The lowest BCUT2D eigenvalue weighted by molar-refractivity contribution is -0.925. The Balaban J connectivity index is 1.60. The predicted molar refractivity (Wildman–Crippen MR) is 98.2 cm³/mol. The molecule has 2 aromatic rings. The number of amides is 1. The van der Waals surface area contributed by atoms with Crippen molar-refractivity contribution in [2.45, 2.75) is 26.8 Å². The summed E-state index contributed by atoms with van der Waals surface area (Å²) in [6.45, 7) is 8.26. The van der Waals surface area contributed by atoms with Gasteiger partial charge in [-0.25, -0.2) is 0 Å². The molecule has 0 spiro atoms. The van der Waals surface area contributed by atoms with Gasteiger partial charge in [0.05, 0.1) is 13.1 Å². The molecule has 1 aliphatic heterocycles. The van der Waals surface area contributed by atoms with Crippen molar-refractivity contribution in [3.63, 3.8) is 0 Å². The van der Waals surface area contributed by atoms with Crippen molar-refractivity contribution in [3.05, 3.63) is 65.7 Å². The van der Waals surface area contributed by atoms with Crippen molar-refractivity contribution in [3.8, 4) is 0 Å². The number of carbonyl (C=O) groups excluding carboxylic acids is 1. The topological polar surface area (TPSA) is 33.5 Å². The molecule has 2 N–H and O–H groups in total. The van der Waals surface area contributed by atoms with E-state index in [9.17, 15) is 4.79 Å². The summed E-state index contributed by atoms with van der Waals surface area (Å²) in [5.74, 6) is 1.56. The van der Waals surface area contributed by atoms with Crippen LogP contribution in [0, 0.1) is 11.8 Å². The highest BCUT2D eigenvalue weighted by atomic mass is 16.1. The molecule has 0 saturated carbocycles. The number of piperidine rings is 1. The summed E-state index contributed by atoms with van der Waals surface area (Å²) in [6, 6.07) is 17.6. The van der Waals surface area contributed by atoms with E-state index in [0.29, 0.717) is 5.56 Å². The van der Waals surface area contributed by atoms with Gasteiger partial charge in [-0.05, 0) is 30.7 Å². The highest BCUT2D eigenvalue weighted by molar-refractivity contribution is 6.04. The third-order valence-corrected chi connectivity index (χ3v) is 4.78. The lowest BCUT2D eigenvalue weighted by Gasteiger charge is -2.32. The lowest BCUT2D eigenvalue weighted by atomic mass is 9.91. The van der Waals surface area contributed by atoms with Crippen LogP contribution in [-0.2, 0) is 6.54 Å². The van der Waals surface area contributed by atoms with Crippen LogP contribution in [-0.4, -0.2) is 19.0 Å². The van der Waals surface area contributed by atoms with Crippen LogP contribution in [0.15, 0.2) is 54.6 Å². The highest BCUT2D eigenvalue weighted by Crippen LogP contribution is 2.13. The van der Waals surface area contributed by atoms with Crippen LogP contribution in [0.4, 0.5) is 5.69 Å². The van der Waals surface area contributed by atoms with Crippen molar-refractivity contribution in [2.24, 2.45) is 11.8 Å². The molecule has 0 aliphatic carbocycles. The van der Waals surface area contributed by atoms with Crippen LogP contribution < -0.4 is 10.2 Å². The molecule has 1 amide bonds. The van der Waals surface area contributed by atoms with Gasteiger partial charge in [0.1, 0.15) is 6.54 Å². The average Bonchev–Trinajstić information content (AvgIpc) is 2.55. The van der Waals surface area contributed by atoms with Gasteiger partial charge in [0, 0.05) is 28.7 Å². The van der Waals surface area contributed by atoms with E-state index >= 15 is 0 Å². The van der Waals surface area contributed by atoms with Crippen molar-refractivity contribution < 1.29 is 9.69 Å². The first-order valence-electron chi connectivity index (χ1n) is 8.89. The van der Waals surface area contributed by atoms with Crippen LogP contribution in [0.2, 0.25) is 0 Å². The van der Waals surface area contributed by atoms with E-state index < -0.39 is 0 Å². The molecule has 1 heterocycles. The van der Waals surface area contributed by atoms with E-state index in [-0.39, 0.29) is 5.91 Å². The molecule has 0 bridgehead atoms. The van der Waals surface area contributed by atoms with Gasteiger partial charge >= 0.3 is 0 Å². The number of hydrogen-bond donors (Lipinski definition) is 2. The zero-order valence-corrected chi connectivity index (χ0v) is 14.6. The molecule has 3 heteroatoms. The van der Waals surface area contributed by atoms with E-state index in [4.69, 9.17) is 0 Å². The zero-order valence-electron chi connectivity index (χ0n) is 14.6. The van der Waals surface area contributed by atoms with Gasteiger partial charge < -0.3 is 10.2 Å². The first-order chi connectivity index (χ1) is 11.6. The van der Waals surface area contributed by atoms with Crippen LogP contribution in [0.1, 0.15) is 36.2 Å². The first-order valence-corrected chi connectivity index (χ1v) is 8.89. The molecular weight excluding hydrogens is 296 g/mol. The van der Waals surface area contributed by atoms with Crippen LogP contribution >= 0.6 is 0 Å². The molecule has 126 valence electrons. The van der Waals surface area contributed by atoms with Crippen molar-refractivity contribution in [1.82, 2.24) is 0 Å². The summed E-state index contributed by atoms with van der Waals surface area (Å²) in [6.07, 6.45) is 1.35. The Morgan fingerprint density at radius 2 is 1.62 bits per heavy atom. The number of quaternary nitrogens is 1. The van der Waals surface area contributed by atoms with E-state index in [1.807, 2.05) is 42.5 Å². The van der Waals surface area contributed by atoms with E-state index in [0.717, 1.165) is 24.1 Å². The summed E-state index contributed by atoms with van der Waals surface area (Å²) < 4.78 is 0. The SMILES string of the molecule is C[C@@H]1C[C@H](C)C[NH+](Cc2ccc(C(=O)Nc3ccccc3)cc2)C1. The highest BCUT2D eigenvalue weighted by Gasteiger charge is 2.25. The van der Waals surface area contributed by atoms with Gasteiger partial charge in [0.2, 0.25) is 0 Å². The standard InChI is InChI=1S/C21H26N2O/c1-16-12-17(2)14-23(13-16)15-18-8-10-19(11-9-18)21(24)22-20-6-4-3-5-7-20/h3-11,16-17H,12-15H2,1-2H3,(H,22,24)/p+1/t16-,17+. The maximum absolute atomic E-state index is 12.3. The molecule has 0 aromatic heterocycles. The van der Waals surface area contributed by atoms with E-state index in [2.05, 4.69) is 31.3 Å². The molecule has 1 saturated heterocycles. The van der Waals surface area contributed by atoms with Gasteiger partial charge in [-0.2, -0.15) is 0 Å². The molecule has 3 rings (SSSR count). The molecule has 1 aliphatic rings. The van der Waals surface area contributed by atoms with Crippen molar-refractivity contribution >= 4 is 11.6 Å². The van der Waals surface area contributed by atoms with Gasteiger partial charge in [0.15, 0.2) is 0 Å². The maximum atomic E-state index is 12.3. The Hall–Kier alpha value is -2.13. The van der Waals surface area contributed by atoms with Gasteiger partial charge in [0.25, 0.3) is 5.91 Å². The Bertz CT molecular complexity index is 656. The third kappa shape index (κ3) is 4.45. The van der Waals surface area contributed by atoms with Crippen molar-refractivity contribution in [1.29, 1.82) is 0 Å². The molecule has 1 unspecified atom stereocenters. The summed E-state index contributed by atoms with van der Waals surface area (Å²) in [5, 5.41) is 2.93. The summed E-state index contributed by atoms with van der Waals surface area (Å²) in [7, 11) is 0. The zero-order chi connectivity index (χ0) is 16.9. The Morgan fingerprint density at radius 1 is 1.00 bits per heavy atom. The lowest BCUT2D eigenvalue weighted by Crippen LogP contribution is -3.13. The van der Waals surface area contributed by atoms with Gasteiger partial charge in [-0.1, -0.05) is 44.2 Å².